The van der Waals surface area contributed by atoms with Crippen molar-refractivity contribution in [2.24, 2.45) is 7.05 Å². The normalized spacial score (nSPS) is 10.3. The Kier molecular flexibility index (Phi) is 3.83. The van der Waals surface area contributed by atoms with Gasteiger partial charge in [-0.15, -0.1) is 0 Å². The molecule has 6 nitrogen and oxygen atoms in total. The largest absolute Gasteiger partial charge is 0.538 e. The molecular weight excluding hydrogens is 254 g/mol. The van der Waals surface area contributed by atoms with E-state index in [4.69, 9.17) is 0 Å². The second kappa shape index (κ2) is 5.54. The van der Waals surface area contributed by atoms with E-state index < -0.39 is 5.95 Å². The molecule has 0 saturated carbocycles. The van der Waals surface area contributed by atoms with Gasteiger partial charge in [-0.1, -0.05) is 22.9 Å². The highest BCUT2D eigenvalue weighted by molar-refractivity contribution is 7.99. The van der Waals surface area contributed by atoms with Crippen LogP contribution in [0.5, 0.6) is 5.95 Å². The maximum absolute atomic E-state index is 11.6. The molecule has 2 aromatic rings. The van der Waals surface area contributed by atoms with Crippen LogP contribution in [0.25, 0.3) is 0 Å². The van der Waals surface area contributed by atoms with Crippen LogP contribution in [0.3, 0.4) is 0 Å². The van der Waals surface area contributed by atoms with Crippen molar-refractivity contribution in [2.45, 2.75) is 5.03 Å². The van der Waals surface area contributed by atoms with E-state index in [0.717, 1.165) is 17.4 Å². The number of nitrogens with one attached hydrogen (secondary N) is 1. The Morgan fingerprint density at radius 3 is 2.83 bits per heavy atom. The summed E-state index contributed by atoms with van der Waals surface area (Å²) in [6.07, 6.45) is 0. The number of carbonyl (C=O) groups excluding carboxylic acids is 1. The van der Waals surface area contributed by atoms with Gasteiger partial charge in [0.15, 0.2) is 13.0 Å². The number of rotatable bonds is 4. The number of thioether (sulfide) groups is 1. The van der Waals surface area contributed by atoms with Crippen molar-refractivity contribution in [3.05, 3.63) is 30.3 Å². The molecule has 0 bridgehead atoms. The Balaban J connectivity index is 1.89. The number of benzene rings is 1. The Hall–Kier alpha value is -2.02. The van der Waals surface area contributed by atoms with Gasteiger partial charge in [-0.05, 0) is 23.9 Å². The molecule has 1 aromatic carbocycles. The number of nitrogens with zero attached hydrogens (tertiary/aromatic N) is 2. The van der Waals surface area contributed by atoms with Gasteiger partial charge >= 0.3 is 0 Å². The fourth-order valence-electron chi connectivity index (χ4n) is 1.31. The molecule has 0 spiro atoms. The Bertz CT molecular complexity index is 522. The van der Waals surface area contributed by atoms with Gasteiger partial charge in [0.25, 0.3) is 5.03 Å². The molecule has 0 atom stereocenters. The second-order valence-corrected chi connectivity index (χ2v) is 4.46. The van der Waals surface area contributed by atoms with E-state index >= 15 is 0 Å². The second-order valence-electron chi connectivity index (χ2n) is 3.49. The zero-order valence-corrected chi connectivity index (χ0v) is 10.4. The lowest BCUT2D eigenvalue weighted by Gasteiger charge is -2.03. The molecule has 0 radical (unpaired) electrons. The first-order valence-electron chi connectivity index (χ1n) is 5.17. The van der Waals surface area contributed by atoms with E-state index in [0.29, 0.717) is 5.03 Å². The molecule has 0 aliphatic heterocycles. The summed E-state index contributed by atoms with van der Waals surface area (Å²) in [5, 5.41) is 17.7. The lowest BCUT2D eigenvalue weighted by molar-refractivity contribution is -0.772. The van der Waals surface area contributed by atoms with Gasteiger partial charge in [0, 0.05) is 5.69 Å². The summed E-state index contributed by atoms with van der Waals surface area (Å²) in [5.74, 6) is -0.596. The molecule has 94 valence electrons. The summed E-state index contributed by atoms with van der Waals surface area (Å²) >= 11 is 1.09. The fraction of sp³-hybridized carbons (Fsp3) is 0.182. The molecule has 1 aromatic heterocycles. The van der Waals surface area contributed by atoms with Gasteiger partial charge < -0.3 is 14.9 Å². The molecule has 0 aliphatic carbocycles. The highest BCUT2D eigenvalue weighted by Gasteiger charge is 2.15. The lowest BCUT2D eigenvalue weighted by atomic mass is 10.3. The molecule has 1 N–H and O–H groups in total. The molecule has 0 saturated heterocycles. The molecule has 18 heavy (non-hydrogen) atoms. The molecule has 0 fully saturated rings. The van der Waals surface area contributed by atoms with Crippen molar-refractivity contribution < 1.29 is 19.1 Å². The van der Waals surface area contributed by atoms with E-state index in [1.165, 1.54) is 4.68 Å². The lowest BCUT2D eigenvalue weighted by Crippen LogP contribution is -2.32. The summed E-state index contributed by atoms with van der Waals surface area (Å²) in [6.45, 7) is 0. The van der Waals surface area contributed by atoms with Gasteiger partial charge in [0.2, 0.25) is 5.91 Å². The quantitative estimate of drug-likeness (QED) is 0.635. The Labute approximate surface area is 108 Å². The fourth-order valence-corrected chi connectivity index (χ4v) is 2.03. The van der Waals surface area contributed by atoms with Crippen molar-refractivity contribution in [2.75, 3.05) is 11.1 Å². The number of aromatic nitrogens is 2. The summed E-state index contributed by atoms with van der Waals surface area (Å²) in [4.78, 5) is 11.6. The standard InChI is InChI=1S/C11H11N3O3S/c1-14-10(11(16)17-13-14)18-7-9(15)12-8-5-3-2-4-6-8/h2-6H,7H2,1H3,(H-,12,13,15,16). The van der Waals surface area contributed by atoms with Crippen LogP contribution in [-0.2, 0) is 11.8 Å². The SMILES string of the molecule is C[n+]1noc([O-])c1SCC(=O)Nc1ccccc1. The van der Waals surface area contributed by atoms with Gasteiger partial charge in [0.1, 0.15) is 0 Å². The first-order chi connectivity index (χ1) is 8.66. The molecule has 0 unspecified atom stereocenters. The third-order valence-electron chi connectivity index (χ3n) is 2.11. The monoisotopic (exact) mass is 265 g/mol. The summed E-state index contributed by atoms with van der Waals surface area (Å²) in [7, 11) is 1.59. The van der Waals surface area contributed by atoms with E-state index in [9.17, 15) is 9.90 Å². The van der Waals surface area contributed by atoms with Crippen molar-refractivity contribution in [1.82, 2.24) is 5.27 Å². The number of anilines is 1. The number of carbonyl (C=O) groups is 1. The van der Waals surface area contributed by atoms with Crippen LogP contribution < -0.4 is 15.1 Å². The van der Waals surface area contributed by atoms with Crippen LogP contribution in [0.15, 0.2) is 39.9 Å². The molecule has 2 rings (SSSR count). The summed E-state index contributed by atoms with van der Waals surface area (Å²) in [6, 6.07) is 9.12. The van der Waals surface area contributed by atoms with E-state index in [1.54, 1.807) is 19.2 Å². The van der Waals surface area contributed by atoms with Gasteiger partial charge in [-0.3, -0.25) is 4.79 Å². The summed E-state index contributed by atoms with van der Waals surface area (Å²) < 4.78 is 5.76. The number of hydrogen-bond acceptors (Lipinski definition) is 5. The van der Waals surface area contributed by atoms with Gasteiger partial charge in [-0.25, -0.2) is 0 Å². The third kappa shape index (κ3) is 3.01. The van der Waals surface area contributed by atoms with E-state index in [1.807, 2.05) is 18.2 Å². The van der Waals surface area contributed by atoms with Crippen LogP contribution in [0.1, 0.15) is 0 Å². The van der Waals surface area contributed by atoms with E-state index in [2.05, 4.69) is 15.1 Å². The molecule has 1 amide bonds. The van der Waals surface area contributed by atoms with Gasteiger partial charge in [0.05, 0.1) is 11.0 Å². The predicted molar refractivity (Wildman–Crippen MR) is 62.9 cm³/mol. The number of hydrogen-bond donors (Lipinski definition) is 1. The predicted octanol–water partition coefficient (Wildman–Crippen LogP) is 0.303. The molecular formula is C11H11N3O3S. The summed E-state index contributed by atoms with van der Waals surface area (Å²) in [5.41, 5.74) is 0.722. The molecule has 1 heterocycles. The minimum absolute atomic E-state index is 0.124. The average Bonchev–Trinajstić information content (AvgIpc) is 2.68. The van der Waals surface area contributed by atoms with Crippen LogP contribution in [0.4, 0.5) is 5.69 Å². The Morgan fingerprint density at radius 1 is 1.50 bits per heavy atom. The molecule has 7 heteroatoms. The van der Waals surface area contributed by atoms with Crippen molar-refractivity contribution in [3.8, 4) is 5.95 Å². The van der Waals surface area contributed by atoms with Crippen LogP contribution in [0.2, 0.25) is 0 Å². The van der Waals surface area contributed by atoms with E-state index in [-0.39, 0.29) is 11.7 Å². The average molecular weight is 265 g/mol. The zero-order valence-electron chi connectivity index (χ0n) is 9.62. The van der Waals surface area contributed by atoms with Crippen molar-refractivity contribution >= 4 is 23.4 Å². The van der Waals surface area contributed by atoms with Crippen LogP contribution in [0, 0.1) is 0 Å². The number of amides is 1. The highest BCUT2D eigenvalue weighted by Crippen LogP contribution is 2.21. The number of aryl methyl sites for hydroxylation is 1. The minimum Gasteiger partial charge on any atom is -0.538 e. The maximum Gasteiger partial charge on any atom is 0.291 e. The Morgan fingerprint density at radius 2 is 2.22 bits per heavy atom. The topological polar surface area (TPSA) is 82.1 Å². The molecule has 0 aliphatic rings. The van der Waals surface area contributed by atoms with Crippen molar-refractivity contribution in [1.29, 1.82) is 0 Å². The third-order valence-corrected chi connectivity index (χ3v) is 3.22. The first kappa shape index (κ1) is 12.4. The first-order valence-corrected chi connectivity index (χ1v) is 6.16. The minimum atomic E-state index is -0.532. The van der Waals surface area contributed by atoms with Crippen LogP contribution in [-0.4, -0.2) is 16.9 Å². The van der Waals surface area contributed by atoms with Gasteiger partial charge in [-0.2, -0.15) is 0 Å². The smallest absolute Gasteiger partial charge is 0.291 e. The highest BCUT2D eigenvalue weighted by atomic mass is 32.2. The maximum atomic E-state index is 11.6. The number of para-hydroxylation sites is 1. The van der Waals surface area contributed by atoms with Crippen molar-refractivity contribution in [3.63, 3.8) is 0 Å². The van der Waals surface area contributed by atoms with Crippen LogP contribution >= 0.6 is 11.8 Å². The zero-order chi connectivity index (χ0) is 13.0.